The summed E-state index contributed by atoms with van der Waals surface area (Å²) in [4.78, 5) is 0. The van der Waals surface area contributed by atoms with E-state index < -0.39 is 0 Å². The Balaban J connectivity index is 1.59. The predicted octanol–water partition coefficient (Wildman–Crippen LogP) is 4.97. The van der Waals surface area contributed by atoms with E-state index >= 15 is 0 Å². The Hall–Kier alpha value is -2.74. The standard InChI is InChI=1S/C20H18O2/c21-18-10-14-20(15-11-18)22-19-12-8-17(9-13-19)7-6-16-4-2-1-3-5-16/h1-5,8-15,21H,6-7H2. The summed E-state index contributed by atoms with van der Waals surface area (Å²) in [6.07, 6.45) is 2.06. The topological polar surface area (TPSA) is 29.5 Å². The van der Waals surface area contributed by atoms with Crippen LogP contribution in [0.25, 0.3) is 0 Å². The van der Waals surface area contributed by atoms with Crippen molar-refractivity contribution in [2.24, 2.45) is 0 Å². The SMILES string of the molecule is Oc1ccc(Oc2ccc(CCc3ccccc3)cc2)cc1. The summed E-state index contributed by atoms with van der Waals surface area (Å²) >= 11 is 0. The van der Waals surface area contributed by atoms with E-state index in [-0.39, 0.29) is 5.75 Å². The van der Waals surface area contributed by atoms with Crippen LogP contribution >= 0.6 is 0 Å². The predicted molar refractivity (Wildman–Crippen MR) is 88.5 cm³/mol. The van der Waals surface area contributed by atoms with Crippen LogP contribution in [-0.4, -0.2) is 5.11 Å². The quantitative estimate of drug-likeness (QED) is 0.719. The number of benzene rings is 3. The molecule has 0 atom stereocenters. The summed E-state index contributed by atoms with van der Waals surface area (Å²) in [7, 11) is 0. The highest BCUT2D eigenvalue weighted by atomic mass is 16.5. The van der Waals surface area contributed by atoms with Crippen molar-refractivity contribution in [2.75, 3.05) is 0 Å². The van der Waals surface area contributed by atoms with E-state index in [0.717, 1.165) is 24.3 Å². The molecule has 0 saturated carbocycles. The molecule has 3 aromatic rings. The van der Waals surface area contributed by atoms with Gasteiger partial charge in [0.2, 0.25) is 0 Å². The van der Waals surface area contributed by atoms with E-state index in [9.17, 15) is 5.11 Å². The Bertz CT molecular complexity index is 701. The van der Waals surface area contributed by atoms with E-state index in [1.807, 2.05) is 18.2 Å². The lowest BCUT2D eigenvalue weighted by atomic mass is 10.0. The van der Waals surface area contributed by atoms with Crippen LogP contribution in [0.15, 0.2) is 78.9 Å². The van der Waals surface area contributed by atoms with Crippen molar-refractivity contribution in [2.45, 2.75) is 12.8 Å². The Morgan fingerprint density at radius 2 is 1.09 bits per heavy atom. The molecule has 0 radical (unpaired) electrons. The van der Waals surface area contributed by atoms with E-state index in [4.69, 9.17) is 4.74 Å². The van der Waals surface area contributed by atoms with Gasteiger partial charge < -0.3 is 9.84 Å². The van der Waals surface area contributed by atoms with E-state index in [1.54, 1.807) is 24.3 Å². The van der Waals surface area contributed by atoms with Crippen molar-refractivity contribution in [3.63, 3.8) is 0 Å². The van der Waals surface area contributed by atoms with E-state index in [1.165, 1.54) is 11.1 Å². The van der Waals surface area contributed by atoms with Crippen LogP contribution in [0.4, 0.5) is 0 Å². The van der Waals surface area contributed by atoms with Gasteiger partial charge in [-0.05, 0) is 60.4 Å². The van der Waals surface area contributed by atoms with Gasteiger partial charge in [-0.2, -0.15) is 0 Å². The van der Waals surface area contributed by atoms with Gasteiger partial charge in [0.25, 0.3) is 0 Å². The molecule has 0 fully saturated rings. The van der Waals surface area contributed by atoms with Gasteiger partial charge in [-0.3, -0.25) is 0 Å². The normalized spacial score (nSPS) is 10.4. The zero-order chi connectivity index (χ0) is 15.2. The first-order valence-electron chi connectivity index (χ1n) is 7.39. The third-order valence-electron chi connectivity index (χ3n) is 3.54. The molecule has 0 aromatic heterocycles. The minimum Gasteiger partial charge on any atom is -0.508 e. The molecule has 1 N–H and O–H groups in total. The maximum atomic E-state index is 9.26. The Morgan fingerprint density at radius 3 is 1.68 bits per heavy atom. The molecule has 22 heavy (non-hydrogen) atoms. The first-order chi connectivity index (χ1) is 10.8. The molecule has 110 valence electrons. The van der Waals surface area contributed by atoms with Gasteiger partial charge in [0, 0.05) is 0 Å². The van der Waals surface area contributed by atoms with Crippen LogP contribution in [0.3, 0.4) is 0 Å². The number of hydrogen-bond acceptors (Lipinski definition) is 2. The zero-order valence-corrected chi connectivity index (χ0v) is 12.3. The molecule has 0 aliphatic heterocycles. The van der Waals surface area contributed by atoms with Crippen LogP contribution < -0.4 is 4.74 Å². The molecule has 0 aliphatic rings. The summed E-state index contributed by atoms with van der Waals surface area (Å²) in [5.74, 6) is 1.76. The van der Waals surface area contributed by atoms with Gasteiger partial charge >= 0.3 is 0 Å². The second kappa shape index (κ2) is 6.81. The number of ether oxygens (including phenoxy) is 1. The lowest BCUT2D eigenvalue weighted by Gasteiger charge is -2.07. The fourth-order valence-electron chi connectivity index (χ4n) is 2.31. The van der Waals surface area contributed by atoms with E-state index in [2.05, 4.69) is 36.4 Å². The molecular formula is C20H18O2. The molecule has 2 nitrogen and oxygen atoms in total. The van der Waals surface area contributed by atoms with Crippen LogP contribution in [-0.2, 0) is 12.8 Å². The average Bonchev–Trinajstić information content (AvgIpc) is 2.57. The van der Waals surface area contributed by atoms with Gasteiger partial charge in [0.05, 0.1) is 0 Å². The highest BCUT2D eigenvalue weighted by molar-refractivity contribution is 5.36. The number of aromatic hydroxyl groups is 1. The van der Waals surface area contributed by atoms with Crippen molar-refractivity contribution in [1.29, 1.82) is 0 Å². The van der Waals surface area contributed by atoms with Crippen LogP contribution in [0.1, 0.15) is 11.1 Å². The van der Waals surface area contributed by atoms with Crippen molar-refractivity contribution < 1.29 is 9.84 Å². The number of aryl methyl sites for hydroxylation is 2. The van der Waals surface area contributed by atoms with Gasteiger partial charge in [-0.25, -0.2) is 0 Å². The maximum Gasteiger partial charge on any atom is 0.127 e. The van der Waals surface area contributed by atoms with Crippen molar-refractivity contribution >= 4 is 0 Å². The van der Waals surface area contributed by atoms with Crippen LogP contribution in [0.2, 0.25) is 0 Å². The molecule has 3 rings (SSSR count). The summed E-state index contributed by atoms with van der Waals surface area (Å²) in [6.45, 7) is 0. The summed E-state index contributed by atoms with van der Waals surface area (Å²) in [5, 5.41) is 9.26. The van der Waals surface area contributed by atoms with Gasteiger partial charge in [-0.1, -0.05) is 42.5 Å². The highest BCUT2D eigenvalue weighted by Crippen LogP contribution is 2.23. The van der Waals surface area contributed by atoms with Crippen LogP contribution in [0, 0.1) is 0 Å². The second-order valence-corrected chi connectivity index (χ2v) is 5.23. The molecule has 0 unspecified atom stereocenters. The molecule has 2 heteroatoms. The number of phenols is 1. The monoisotopic (exact) mass is 290 g/mol. The average molecular weight is 290 g/mol. The number of hydrogen-bond donors (Lipinski definition) is 1. The fourth-order valence-corrected chi connectivity index (χ4v) is 2.31. The molecule has 0 heterocycles. The van der Waals surface area contributed by atoms with E-state index in [0.29, 0.717) is 0 Å². The molecular weight excluding hydrogens is 272 g/mol. The molecule has 0 spiro atoms. The molecule has 0 aliphatic carbocycles. The highest BCUT2D eigenvalue weighted by Gasteiger charge is 1.99. The van der Waals surface area contributed by atoms with Gasteiger partial charge in [0.15, 0.2) is 0 Å². The van der Waals surface area contributed by atoms with Crippen molar-refractivity contribution in [3.05, 3.63) is 90.0 Å². The first kappa shape index (κ1) is 14.2. The Labute approximate surface area is 130 Å². The third kappa shape index (κ3) is 3.89. The lowest BCUT2D eigenvalue weighted by molar-refractivity contribution is 0.464. The van der Waals surface area contributed by atoms with Crippen LogP contribution in [0.5, 0.6) is 17.2 Å². The minimum atomic E-state index is 0.239. The van der Waals surface area contributed by atoms with Crippen molar-refractivity contribution in [1.82, 2.24) is 0 Å². The third-order valence-corrected chi connectivity index (χ3v) is 3.54. The molecule has 0 bridgehead atoms. The molecule has 0 saturated heterocycles. The summed E-state index contributed by atoms with van der Waals surface area (Å²) < 4.78 is 5.74. The lowest BCUT2D eigenvalue weighted by Crippen LogP contribution is -1.91. The molecule has 3 aromatic carbocycles. The first-order valence-corrected chi connectivity index (χ1v) is 7.39. The van der Waals surface area contributed by atoms with Gasteiger partial charge in [0.1, 0.15) is 17.2 Å². The summed E-state index contributed by atoms with van der Waals surface area (Å²) in [5.41, 5.74) is 2.65. The fraction of sp³-hybridized carbons (Fsp3) is 0.100. The number of rotatable bonds is 5. The Kier molecular flexibility index (Phi) is 4.40. The van der Waals surface area contributed by atoms with Crippen molar-refractivity contribution in [3.8, 4) is 17.2 Å². The Morgan fingerprint density at radius 1 is 0.591 bits per heavy atom. The minimum absolute atomic E-state index is 0.239. The molecule has 0 amide bonds. The zero-order valence-electron chi connectivity index (χ0n) is 12.3. The largest absolute Gasteiger partial charge is 0.508 e. The van der Waals surface area contributed by atoms with Gasteiger partial charge in [-0.15, -0.1) is 0 Å². The summed E-state index contributed by atoms with van der Waals surface area (Å²) in [6, 6.07) is 25.4. The maximum absolute atomic E-state index is 9.26. The number of phenolic OH excluding ortho intramolecular Hbond substituents is 1. The second-order valence-electron chi connectivity index (χ2n) is 5.23. The smallest absolute Gasteiger partial charge is 0.127 e.